The van der Waals surface area contributed by atoms with Crippen LogP contribution in [0.1, 0.15) is 38.3 Å². The summed E-state index contributed by atoms with van der Waals surface area (Å²) in [6, 6.07) is 5.72. The second-order valence-corrected chi connectivity index (χ2v) is 7.66. The maximum absolute atomic E-state index is 12.5. The predicted octanol–water partition coefficient (Wildman–Crippen LogP) is 3.72. The Balaban J connectivity index is 2.30. The molecule has 1 aliphatic rings. The molecule has 0 spiro atoms. The van der Waals surface area contributed by atoms with Crippen LogP contribution in [0.15, 0.2) is 18.2 Å². The second-order valence-electron chi connectivity index (χ2n) is 5.11. The van der Waals surface area contributed by atoms with Gasteiger partial charge in [0, 0.05) is 12.0 Å². The molecule has 2 rings (SSSR count). The number of benzene rings is 1. The van der Waals surface area contributed by atoms with Gasteiger partial charge in [0.05, 0.1) is 12.3 Å². The van der Waals surface area contributed by atoms with E-state index in [1.54, 1.807) is 6.92 Å². The molecule has 0 aromatic heterocycles. The summed E-state index contributed by atoms with van der Waals surface area (Å²) in [5.41, 5.74) is 1.64. The van der Waals surface area contributed by atoms with Gasteiger partial charge in [0.15, 0.2) is 0 Å². The highest BCUT2D eigenvalue weighted by molar-refractivity contribution is 7.55. The van der Waals surface area contributed by atoms with Crippen molar-refractivity contribution in [2.75, 3.05) is 0 Å². The monoisotopic (exact) mass is 282 g/mol. The molecule has 19 heavy (non-hydrogen) atoms. The van der Waals surface area contributed by atoms with E-state index < -0.39 is 7.60 Å². The molecule has 0 radical (unpaired) electrons. The minimum atomic E-state index is -3.08. The van der Waals surface area contributed by atoms with E-state index in [1.807, 2.05) is 32.0 Å². The van der Waals surface area contributed by atoms with Crippen molar-refractivity contribution in [3.05, 3.63) is 29.3 Å². The molecule has 4 nitrogen and oxygen atoms in total. The molecule has 0 aliphatic carbocycles. The second kappa shape index (κ2) is 5.48. The molecule has 1 aliphatic heterocycles. The highest BCUT2D eigenvalue weighted by Gasteiger charge is 2.36. The Bertz CT molecular complexity index is 536. The van der Waals surface area contributed by atoms with Gasteiger partial charge in [-0.05, 0) is 18.9 Å². The number of aryl methyl sites for hydroxylation is 1. The molecule has 0 bridgehead atoms. The van der Waals surface area contributed by atoms with E-state index in [0.717, 1.165) is 11.1 Å². The highest BCUT2D eigenvalue weighted by atomic mass is 31.2. The van der Waals surface area contributed by atoms with Crippen molar-refractivity contribution in [2.24, 2.45) is 0 Å². The smallest absolute Gasteiger partial charge is 0.382 e. The third-order valence-corrected chi connectivity index (χ3v) is 5.37. The molecule has 0 N–H and O–H groups in total. The van der Waals surface area contributed by atoms with Crippen LogP contribution in [0.5, 0.6) is 5.75 Å². The van der Waals surface area contributed by atoms with Crippen LogP contribution >= 0.6 is 7.60 Å². The highest BCUT2D eigenvalue weighted by Crippen LogP contribution is 2.57. The molecular weight excluding hydrogens is 263 g/mol. The molecule has 0 fully saturated rings. The summed E-state index contributed by atoms with van der Waals surface area (Å²) in [6.07, 6.45) is 1.07. The number of para-hydroxylation sites is 1. The summed E-state index contributed by atoms with van der Waals surface area (Å²) in [5.74, 6) is 0.781. The zero-order valence-electron chi connectivity index (χ0n) is 11.5. The van der Waals surface area contributed by atoms with Crippen molar-refractivity contribution < 1.29 is 18.4 Å². The van der Waals surface area contributed by atoms with E-state index in [9.17, 15) is 9.36 Å². The lowest BCUT2D eigenvalue weighted by Crippen LogP contribution is -2.15. The lowest BCUT2D eigenvalue weighted by atomic mass is 10.0. The average molecular weight is 282 g/mol. The lowest BCUT2D eigenvalue weighted by Gasteiger charge is -2.29. The molecule has 1 atom stereocenters. The average Bonchev–Trinajstić information content (AvgIpc) is 2.36. The van der Waals surface area contributed by atoms with Crippen molar-refractivity contribution in [1.29, 1.82) is 0 Å². The first-order valence-corrected chi connectivity index (χ1v) is 8.07. The molecule has 1 aromatic carbocycles. The maximum atomic E-state index is 12.5. The number of carbonyl (C=O) groups is 1. The fraction of sp³-hybridized carbons (Fsp3) is 0.500. The molecule has 1 unspecified atom stereocenters. The van der Waals surface area contributed by atoms with Crippen molar-refractivity contribution in [3.8, 4) is 5.75 Å². The van der Waals surface area contributed by atoms with Crippen LogP contribution in [0.2, 0.25) is 0 Å². The van der Waals surface area contributed by atoms with Gasteiger partial charge in [-0.3, -0.25) is 4.52 Å². The SMILES string of the molecule is CC(=O)CCc1cccc2c1OP(=O)(C(C)C)OC2. The van der Waals surface area contributed by atoms with E-state index >= 15 is 0 Å². The van der Waals surface area contributed by atoms with Crippen LogP contribution in [-0.4, -0.2) is 11.4 Å². The first-order chi connectivity index (χ1) is 8.92. The Morgan fingerprint density at radius 1 is 1.42 bits per heavy atom. The van der Waals surface area contributed by atoms with Crippen LogP contribution in [-0.2, 0) is 26.9 Å². The van der Waals surface area contributed by atoms with E-state index in [-0.39, 0.29) is 11.4 Å². The van der Waals surface area contributed by atoms with Gasteiger partial charge in [-0.15, -0.1) is 0 Å². The topological polar surface area (TPSA) is 52.6 Å². The number of fused-ring (bicyclic) bond motifs is 1. The van der Waals surface area contributed by atoms with Crippen molar-refractivity contribution in [3.63, 3.8) is 0 Å². The van der Waals surface area contributed by atoms with Crippen LogP contribution in [0.3, 0.4) is 0 Å². The van der Waals surface area contributed by atoms with E-state index in [2.05, 4.69) is 0 Å². The number of hydrogen-bond donors (Lipinski definition) is 0. The Kier molecular flexibility index (Phi) is 4.12. The third-order valence-electron chi connectivity index (χ3n) is 3.18. The van der Waals surface area contributed by atoms with Crippen molar-refractivity contribution >= 4 is 13.4 Å². The van der Waals surface area contributed by atoms with Crippen LogP contribution in [0, 0.1) is 0 Å². The number of ketones is 1. The summed E-state index contributed by atoms with van der Waals surface area (Å²) in [6.45, 7) is 5.52. The third kappa shape index (κ3) is 3.07. The first kappa shape index (κ1) is 14.3. The van der Waals surface area contributed by atoms with Gasteiger partial charge in [0.2, 0.25) is 0 Å². The molecule has 104 valence electrons. The van der Waals surface area contributed by atoms with Gasteiger partial charge in [0.1, 0.15) is 11.5 Å². The molecule has 0 saturated heterocycles. The summed E-state index contributed by atoms with van der Waals surface area (Å²) in [5, 5.41) is 0. The summed E-state index contributed by atoms with van der Waals surface area (Å²) in [7, 11) is -3.08. The fourth-order valence-corrected chi connectivity index (χ4v) is 3.31. The van der Waals surface area contributed by atoms with Gasteiger partial charge in [-0.25, -0.2) is 4.57 Å². The molecule has 0 amide bonds. The molecule has 0 saturated carbocycles. The molecular formula is C14H19O4P. The number of hydrogen-bond acceptors (Lipinski definition) is 4. The first-order valence-electron chi connectivity index (χ1n) is 6.46. The minimum Gasteiger partial charge on any atom is -0.424 e. The van der Waals surface area contributed by atoms with E-state index in [1.165, 1.54) is 0 Å². The van der Waals surface area contributed by atoms with Crippen LogP contribution in [0.4, 0.5) is 0 Å². The van der Waals surface area contributed by atoms with E-state index in [4.69, 9.17) is 9.05 Å². The Hall–Kier alpha value is -1.12. The molecule has 1 heterocycles. The zero-order chi connectivity index (χ0) is 14.0. The quantitative estimate of drug-likeness (QED) is 0.790. The fourth-order valence-electron chi connectivity index (χ4n) is 1.94. The predicted molar refractivity (Wildman–Crippen MR) is 73.6 cm³/mol. The maximum Gasteiger partial charge on any atom is 0.382 e. The zero-order valence-corrected chi connectivity index (χ0v) is 12.4. The lowest BCUT2D eigenvalue weighted by molar-refractivity contribution is -0.116. The summed E-state index contributed by atoms with van der Waals surface area (Å²) in [4.78, 5) is 11.1. The van der Waals surface area contributed by atoms with Gasteiger partial charge < -0.3 is 9.32 Å². The van der Waals surface area contributed by atoms with Gasteiger partial charge in [0.25, 0.3) is 0 Å². The van der Waals surface area contributed by atoms with Crippen LogP contribution in [0.25, 0.3) is 0 Å². The Morgan fingerprint density at radius 2 is 2.16 bits per heavy atom. The van der Waals surface area contributed by atoms with Crippen molar-refractivity contribution in [2.45, 2.75) is 45.9 Å². The van der Waals surface area contributed by atoms with Crippen LogP contribution < -0.4 is 4.52 Å². The summed E-state index contributed by atoms with van der Waals surface area (Å²) < 4.78 is 23.5. The number of Topliss-reactive ketones (excluding diaryl/α,β-unsaturated/α-hetero) is 1. The largest absolute Gasteiger partial charge is 0.424 e. The van der Waals surface area contributed by atoms with Crippen molar-refractivity contribution in [1.82, 2.24) is 0 Å². The van der Waals surface area contributed by atoms with Gasteiger partial charge in [-0.2, -0.15) is 0 Å². The molecule has 5 heteroatoms. The molecule has 1 aromatic rings. The number of rotatable bonds is 4. The minimum absolute atomic E-state index is 0.136. The van der Waals surface area contributed by atoms with Gasteiger partial charge in [-0.1, -0.05) is 32.0 Å². The van der Waals surface area contributed by atoms with E-state index in [0.29, 0.717) is 25.2 Å². The summed E-state index contributed by atoms with van der Waals surface area (Å²) >= 11 is 0. The Morgan fingerprint density at radius 3 is 2.79 bits per heavy atom. The van der Waals surface area contributed by atoms with Gasteiger partial charge >= 0.3 is 7.60 Å². The Labute approximate surface area is 113 Å². The number of carbonyl (C=O) groups excluding carboxylic acids is 1. The normalized spacial score (nSPS) is 21.9. The standard InChI is InChI=1S/C14H19O4P/c1-10(2)19(16)17-9-13-6-4-5-12(14(13)18-19)8-7-11(3)15/h4-6,10H,7-9H2,1-3H3.